The second-order valence-corrected chi connectivity index (χ2v) is 9.50. The molecule has 0 bridgehead atoms. The van der Waals surface area contributed by atoms with Crippen LogP contribution < -0.4 is 20.1 Å². The number of rotatable bonds is 9. The van der Waals surface area contributed by atoms with Crippen molar-refractivity contribution in [1.82, 2.24) is 24.6 Å². The fraction of sp³-hybridized carbons (Fsp3) is 0.357. The summed E-state index contributed by atoms with van der Waals surface area (Å²) in [5.74, 6) is 1.12. The standard InChI is InChI=1S/C28H33N7O3/c1-33-18-19(16-31-33)26-17-30-24-8-7-20(14-25(24)32-26)35(21-12-22(37-2)15-23(13-21)38-3)11-10-34-9-5-4-6-27(34)28(29)36/h7-8,12-18,27H,4-6,9-11H2,1-3H3,(H2,29,36). The molecule has 38 heavy (non-hydrogen) atoms. The largest absolute Gasteiger partial charge is 0.497 e. The predicted octanol–water partition coefficient (Wildman–Crippen LogP) is 3.53. The average Bonchev–Trinajstić information content (AvgIpc) is 3.38. The summed E-state index contributed by atoms with van der Waals surface area (Å²) >= 11 is 0. The molecule has 0 radical (unpaired) electrons. The van der Waals surface area contributed by atoms with E-state index in [2.05, 4.69) is 19.9 Å². The first-order valence-electron chi connectivity index (χ1n) is 12.7. The van der Waals surface area contributed by atoms with Crippen LogP contribution >= 0.6 is 0 Å². The Morgan fingerprint density at radius 1 is 1.05 bits per heavy atom. The fourth-order valence-electron chi connectivity index (χ4n) is 5.03. The Morgan fingerprint density at radius 2 is 1.84 bits per heavy atom. The third-order valence-corrected chi connectivity index (χ3v) is 7.04. The molecule has 10 heteroatoms. The highest BCUT2D eigenvalue weighted by molar-refractivity contribution is 5.83. The van der Waals surface area contributed by atoms with E-state index in [9.17, 15) is 4.79 Å². The number of primary amides is 1. The van der Waals surface area contributed by atoms with Crippen LogP contribution in [0.1, 0.15) is 19.3 Å². The molecule has 2 aromatic carbocycles. The van der Waals surface area contributed by atoms with Crippen molar-refractivity contribution in [2.75, 3.05) is 38.8 Å². The quantitative estimate of drug-likeness (QED) is 0.360. The minimum Gasteiger partial charge on any atom is -0.497 e. The van der Waals surface area contributed by atoms with Gasteiger partial charge in [0.1, 0.15) is 11.5 Å². The summed E-state index contributed by atoms with van der Waals surface area (Å²) in [4.78, 5) is 26.0. The van der Waals surface area contributed by atoms with Gasteiger partial charge in [0.25, 0.3) is 0 Å². The zero-order chi connectivity index (χ0) is 26.6. The first kappa shape index (κ1) is 25.5. The summed E-state index contributed by atoms with van der Waals surface area (Å²) in [6, 6.07) is 11.6. The Kier molecular flexibility index (Phi) is 7.41. The van der Waals surface area contributed by atoms with Crippen LogP contribution in [-0.2, 0) is 11.8 Å². The third kappa shape index (κ3) is 5.40. The molecule has 1 saturated heterocycles. The maximum atomic E-state index is 12.1. The highest BCUT2D eigenvalue weighted by atomic mass is 16.5. The monoisotopic (exact) mass is 515 g/mol. The topological polar surface area (TPSA) is 112 Å². The number of piperidine rings is 1. The van der Waals surface area contributed by atoms with Crippen LogP contribution in [-0.4, -0.2) is 70.5 Å². The Bertz CT molecular complexity index is 1410. The number of hydrogen-bond donors (Lipinski definition) is 1. The normalized spacial score (nSPS) is 15.9. The van der Waals surface area contributed by atoms with Gasteiger partial charge in [-0.3, -0.25) is 19.4 Å². The number of aryl methyl sites for hydroxylation is 1. The highest BCUT2D eigenvalue weighted by Crippen LogP contribution is 2.34. The van der Waals surface area contributed by atoms with Crippen LogP contribution in [0.3, 0.4) is 0 Å². The number of anilines is 2. The Labute approximate surface area is 222 Å². The number of hydrogen-bond acceptors (Lipinski definition) is 8. The molecule has 1 aliphatic rings. The van der Waals surface area contributed by atoms with E-state index in [4.69, 9.17) is 20.2 Å². The third-order valence-electron chi connectivity index (χ3n) is 7.04. The molecule has 0 saturated carbocycles. The molecule has 1 unspecified atom stereocenters. The van der Waals surface area contributed by atoms with E-state index >= 15 is 0 Å². The number of nitrogens with two attached hydrogens (primary N) is 1. The van der Waals surface area contributed by atoms with E-state index in [1.54, 1.807) is 31.3 Å². The zero-order valence-electron chi connectivity index (χ0n) is 22.0. The molecule has 198 valence electrons. The van der Waals surface area contributed by atoms with Crippen LogP contribution in [0.15, 0.2) is 55.0 Å². The van der Waals surface area contributed by atoms with Gasteiger partial charge in [-0.05, 0) is 37.6 Å². The van der Waals surface area contributed by atoms with Crippen molar-refractivity contribution in [1.29, 1.82) is 0 Å². The highest BCUT2D eigenvalue weighted by Gasteiger charge is 2.27. The van der Waals surface area contributed by atoms with Gasteiger partial charge in [-0.25, -0.2) is 4.98 Å². The maximum absolute atomic E-state index is 12.1. The van der Waals surface area contributed by atoms with Crippen LogP contribution in [0.25, 0.3) is 22.3 Å². The van der Waals surface area contributed by atoms with Gasteiger partial charge in [0, 0.05) is 61.5 Å². The summed E-state index contributed by atoms with van der Waals surface area (Å²) in [6.07, 6.45) is 8.34. The predicted molar refractivity (Wildman–Crippen MR) is 147 cm³/mol. The van der Waals surface area contributed by atoms with Crippen molar-refractivity contribution >= 4 is 28.3 Å². The molecule has 1 fully saturated rings. The zero-order valence-corrected chi connectivity index (χ0v) is 22.0. The van der Waals surface area contributed by atoms with Crippen LogP contribution in [0.2, 0.25) is 0 Å². The molecule has 1 amide bonds. The number of benzene rings is 2. The number of amides is 1. The molecule has 5 rings (SSSR count). The Balaban J connectivity index is 1.53. The van der Waals surface area contributed by atoms with E-state index in [1.807, 2.05) is 49.6 Å². The maximum Gasteiger partial charge on any atom is 0.234 e. The number of fused-ring (bicyclic) bond motifs is 1. The van der Waals surface area contributed by atoms with Crippen LogP contribution in [0.4, 0.5) is 11.4 Å². The average molecular weight is 516 g/mol. The molecule has 4 aromatic rings. The molecule has 3 heterocycles. The first-order chi connectivity index (χ1) is 18.4. The summed E-state index contributed by atoms with van der Waals surface area (Å²) < 4.78 is 12.9. The van der Waals surface area contributed by atoms with Crippen LogP contribution in [0.5, 0.6) is 11.5 Å². The number of aromatic nitrogens is 4. The Morgan fingerprint density at radius 3 is 2.53 bits per heavy atom. The number of likely N-dealkylation sites (tertiary alicyclic amines) is 1. The lowest BCUT2D eigenvalue weighted by Gasteiger charge is -2.36. The molecule has 0 spiro atoms. The molecular formula is C28H33N7O3. The van der Waals surface area contributed by atoms with E-state index < -0.39 is 0 Å². The second-order valence-electron chi connectivity index (χ2n) is 9.50. The van der Waals surface area contributed by atoms with Crippen molar-refractivity contribution in [3.05, 3.63) is 55.0 Å². The summed E-state index contributed by atoms with van der Waals surface area (Å²) in [5.41, 5.74) is 10.8. The number of carbonyl (C=O) groups excluding carboxylic acids is 1. The lowest BCUT2D eigenvalue weighted by molar-refractivity contribution is -0.124. The van der Waals surface area contributed by atoms with E-state index in [0.29, 0.717) is 24.6 Å². The van der Waals surface area contributed by atoms with Gasteiger partial charge >= 0.3 is 0 Å². The Hall–Kier alpha value is -4.18. The van der Waals surface area contributed by atoms with Gasteiger partial charge in [0.05, 0.1) is 49.4 Å². The molecule has 1 aliphatic heterocycles. The minimum absolute atomic E-state index is 0.241. The summed E-state index contributed by atoms with van der Waals surface area (Å²) in [7, 11) is 5.15. The van der Waals surface area contributed by atoms with Gasteiger partial charge < -0.3 is 20.1 Å². The molecule has 0 aliphatic carbocycles. The van der Waals surface area contributed by atoms with Crippen molar-refractivity contribution in [3.63, 3.8) is 0 Å². The molecule has 2 N–H and O–H groups in total. The molecule has 10 nitrogen and oxygen atoms in total. The number of carbonyl (C=O) groups is 1. The van der Waals surface area contributed by atoms with Crippen molar-refractivity contribution in [2.45, 2.75) is 25.3 Å². The number of nitrogens with zero attached hydrogens (tertiary/aromatic N) is 6. The van der Waals surface area contributed by atoms with Gasteiger partial charge in [-0.2, -0.15) is 5.10 Å². The number of ether oxygens (including phenoxy) is 2. The number of methoxy groups -OCH3 is 2. The lowest BCUT2D eigenvalue weighted by Crippen LogP contribution is -2.49. The van der Waals surface area contributed by atoms with Gasteiger partial charge in [-0.15, -0.1) is 0 Å². The first-order valence-corrected chi connectivity index (χ1v) is 12.7. The molecule has 2 aromatic heterocycles. The van der Waals surface area contributed by atoms with E-state index in [-0.39, 0.29) is 11.9 Å². The second kappa shape index (κ2) is 11.1. The van der Waals surface area contributed by atoms with E-state index in [1.165, 1.54) is 0 Å². The van der Waals surface area contributed by atoms with Gasteiger partial charge in [-0.1, -0.05) is 6.42 Å². The van der Waals surface area contributed by atoms with Crippen molar-refractivity contribution in [2.24, 2.45) is 12.8 Å². The minimum atomic E-state index is -0.261. The lowest BCUT2D eigenvalue weighted by atomic mass is 10.0. The van der Waals surface area contributed by atoms with Gasteiger partial charge in [0.15, 0.2) is 0 Å². The molecule has 1 atom stereocenters. The SMILES string of the molecule is COc1cc(OC)cc(N(CCN2CCCCC2C(N)=O)c2ccc3ncc(-c4cnn(C)c4)nc3c2)c1. The van der Waals surface area contributed by atoms with E-state index in [0.717, 1.165) is 59.5 Å². The summed E-state index contributed by atoms with van der Waals surface area (Å²) in [5, 5.41) is 4.26. The van der Waals surface area contributed by atoms with Crippen molar-refractivity contribution < 1.29 is 14.3 Å². The summed E-state index contributed by atoms with van der Waals surface area (Å²) in [6.45, 7) is 2.15. The van der Waals surface area contributed by atoms with Crippen LogP contribution in [0, 0.1) is 0 Å². The van der Waals surface area contributed by atoms with Crippen molar-refractivity contribution in [3.8, 4) is 22.8 Å². The fourth-order valence-corrected chi connectivity index (χ4v) is 5.03. The van der Waals surface area contributed by atoms with Gasteiger partial charge in [0.2, 0.25) is 5.91 Å². The molecular weight excluding hydrogens is 482 g/mol. The smallest absolute Gasteiger partial charge is 0.234 e.